The zero-order chi connectivity index (χ0) is 24.0. The molecule has 4 N–H and O–H groups in total. The number of nitrogens with one attached hydrogen (secondary N) is 1. The molecule has 9 heteroatoms. The molecule has 1 aliphatic rings. The first-order valence-electron chi connectivity index (χ1n) is 10.8. The van der Waals surface area contributed by atoms with E-state index in [9.17, 15) is 9.59 Å². The highest BCUT2D eigenvalue weighted by Gasteiger charge is 2.31. The van der Waals surface area contributed by atoms with Crippen molar-refractivity contribution in [2.75, 3.05) is 39.6 Å². The molecule has 1 saturated heterocycles. The van der Waals surface area contributed by atoms with E-state index < -0.39 is 5.97 Å². The summed E-state index contributed by atoms with van der Waals surface area (Å²) >= 11 is 6.10. The number of aromatic carboxylic acids is 1. The average molecular weight is 476 g/mol. The van der Waals surface area contributed by atoms with Crippen molar-refractivity contribution in [3.8, 4) is 5.75 Å². The molecule has 0 saturated carbocycles. The molecule has 0 bridgehead atoms. The van der Waals surface area contributed by atoms with Gasteiger partial charge in [0.1, 0.15) is 5.75 Å². The van der Waals surface area contributed by atoms with Gasteiger partial charge in [-0.05, 0) is 49.6 Å². The van der Waals surface area contributed by atoms with Crippen LogP contribution in [-0.2, 0) is 11.2 Å². The second-order valence-electron chi connectivity index (χ2n) is 8.12. The fourth-order valence-corrected chi connectivity index (χ4v) is 4.23. The Morgan fingerprint density at radius 2 is 1.97 bits per heavy atom. The lowest BCUT2D eigenvalue weighted by Gasteiger charge is -2.38. The fourth-order valence-electron chi connectivity index (χ4n) is 4.07. The lowest BCUT2D eigenvalue weighted by Crippen LogP contribution is -2.55. The Morgan fingerprint density at radius 3 is 2.61 bits per heavy atom. The third-order valence-corrected chi connectivity index (χ3v) is 6.29. The number of carbonyl (C=O) groups is 2. The van der Waals surface area contributed by atoms with Gasteiger partial charge in [-0.1, -0.05) is 23.7 Å². The summed E-state index contributed by atoms with van der Waals surface area (Å²) in [6, 6.07) is 9.92. The maximum Gasteiger partial charge on any atom is 0.335 e. The summed E-state index contributed by atoms with van der Waals surface area (Å²) in [5.74, 6) is -0.823. The van der Waals surface area contributed by atoms with Crippen LogP contribution in [0.5, 0.6) is 5.75 Å². The quantitative estimate of drug-likeness (QED) is 0.477. The van der Waals surface area contributed by atoms with E-state index in [-0.39, 0.29) is 18.1 Å². The number of benzene rings is 2. The van der Waals surface area contributed by atoms with Crippen molar-refractivity contribution in [3.05, 3.63) is 58.1 Å². The number of nitrogen functional groups attached to an aromatic ring is 1. The maximum atomic E-state index is 12.9. The van der Waals surface area contributed by atoms with E-state index in [1.807, 2.05) is 12.1 Å². The number of methoxy groups -OCH3 is 2. The van der Waals surface area contributed by atoms with E-state index in [0.29, 0.717) is 34.1 Å². The number of piperidine rings is 1. The largest absolute Gasteiger partial charge is 0.496 e. The molecule has 2 atom stereocenters. The van der Waals surface area contributed by atoms with Crippen molar-refractivity contribution in [1.29, 1.82) is 0 Å². The zero-order valence-electron chi connectivity index (χ0n) is 18.8. The molecule has 2 aromatic rings. The van der Waals surface area contributed by atoms with Gasteiger partial charge < -0.3 is 30.5 Å². The Morgan fingerprint density at radius 1 is 1.24 bits per heavy atom. The summed E-state index contributed by atoms with van der Waals surface area (Å²) in [4.78, 5) is 26.2. The lowest BCUT2D eigenvalue weighted by molar-refractivity contribution is 0.00616. The van der Waals surface area contributed by atoms with Crippen LogP contribution >= 0.6 is 11.6 Å². The minimum absolute atomic E-state index is 0.136. The maximum absolute atomic E-state index is 12.9. The van der Waals surface area contributed by atoms with Crippen LogP contribution < -0.4 is 15.8 Å². The van der Waals surface area contributed by atoms with Crippen LogP contribution in [0.1, 0.15) is 39.1 Å². The topological polar surface area (TPSA) is 114 Å². The standard InChI is InChI=1S/C24H30ClN3O5/c1-32-21-13-19(26)18(25)12-17(21)23(29)27-20-9-11-28(14-22(20)33-2)10-3-4-15-5-7-16(8-6-15)24(30)31/h5-8,12-13,20,22H,3-4,9-11,14,26H2,1-2H3,(H,27,29)(H,30,31). The van der Waals surface area contributed by atoms with E-state index in [4.69, 9.17) is 31.9 Å². The van der Waals surface area contributed by atoms with Crippen molar-refractivity contribution < 1.29 is 24.2 Å². The number of aryl methyl sites for hydroxylation is 1. The highest BCUT2D eigenvalue weighted by molar-refractivity contribution is 6.33. The van der Waals surface area contributed by atoms with Gasteiger partial charge in [0.25, 0.3) is 5.91 Å². The Kier molecular flexibility index (Phi) is 8.55. The van der Waals surface area contributed by atoms with Crippen LogP contribution in [0.4, 0.5) is 5.69 Å². The van der Waals surface area contributed by atoms with Crippen LogP contribution in [-0.4, -0.2) is 67.9 Å². The molecule has 0 aromatic heterocycles. The normalized spacial score (nSPS) is 18.6. The summed E-state index contributed by atoms with van der Waals surface area (Å²) in [6.07, 6.45) is 2.42. The van der Waals surface area contributed by atoms with Crippen LogP contribution in [0.25, 0.3) is 0 Å². The fraction of sp³-hybridized carbons (Fsp3) is 0.417. The Labute approximate surface area is 198 Å². The van der Waals surface area contributed by atoms with Gasteiger partial charge in [0, 0.05) is 26.3 Å². The van der Waals surface area contributed by atoms with E-state index in [2.05, 4.69) is 10.2 Å². The monoisotopic (exact) mass is 475 g/mol. The Hall–Kier alpha value is -2.81. The second-order valence-corrected chi connectivity index (χ2v) is 8.53. The van der Waals surface area contributed by atoms with Crippen molar-refractivity contribution in [2.24, 2.45) is 0 Å². The predicted molar refractivity (Wildman–Crippen MR) is 127 cm³/mol. The number of nitrogens with zero attached hydrogens (tertiary/aromatic N) is 1. The molecule has 1 aliphatic heterocycles. The third-order valence-electron chi connectivity index (χ3n) is 5.97. The molecule has 2 unspecified atom stereocenters. The van der Waals surface area contributed by atoms with Gasteiger partial charge in [-0.3, -0.25) is 4.79 Å². The number of carbonyl (C=O) groups excluding carboxylic acids is 1. The van der Waals surface area contributed by atoms with Gasteiger partial charge in [0.2, 0.25) is 0 Å². The second kappa shape index (κ2) is 11.4. The zero-order valence-corrected chi connectivity index (χ0v) is 19.6. The van der Waals surface area contributed by atoms with Crippen molar-refractivity contribution in [3.63, 3.8) is 0 Å². The number of hydrogen-bond acceptors (Lipinski definition) is 6. The van der Waals surface area contributed by atoms with Gasteiger partial charge in [-0.2, -0.15) is 0 Å². The van der Waals surface area contributed by atoms with Crippen molar-refractivity contribution in [1.82, 2.24) is 10.2 Å². The molecule has 1 fully saturated rings. The van der Waals surface area contributed by atoms with Gasteiger partial charge in [0.05, 0.1) is 41.1 Å². The summed E-state index contributed by atoms with van der Waals surface area (Å²) in [5.41, 5.74) is 7.91. The minimum atomic E-state index is -0.917. The molecule has 0 spiro atoms. The first-order valence-corrected chi connectivity index (χ1v) is 11.2. The first-order chi connectivity index (χ1) is 15.8. The summed E-state index contributed by atoms with van der Waals surface area (Å²) < 4.78 is 11.0. The number of rotatable bonds is 9. The predicted octanol–water partition coefficient (Wildman–Crippen LogP) is 3.08. The average Bonchev–Trinajstić information content (AvgIpc) is 2.81. The number of carboxylic acids is 1. The molecule has 0 aliphatic carbocycles. The SMILES string of the molecule is COc1cc(N)c(Cl)cc1C(=O)NC1CCN(CCCc2ccc(C(=O)O)cc2)CC1OC. The molecule has 178 valence electrons. The summed E-state index contributed by atoms with van der Waals surface area (Å²) in [6.45, 7) is 2.43. The van der Waals surface area contributed by atoms with Crippen molar-refractivity contribution in [2.45, 2.75) is 31.4 Å². The number of anilines is 1. The highest BCUT2D eigenvalue weighted by atomic mass is 35.5. The number of likely N-dealkylation sites (tertiary alicyclic amines) is 1. The molecule has 0 radical (unpaired) electrons. The van der Waals surface area contributed by atoms with Crippen LogP contribution in [0.2, 0.25) is 5.02 Å². The molecule has 1 heterocycles. The number of amides is 1. The molecule has 3 rings (SSSR count). The molecule has 33 heavy (non-hydrogen) atoms. The van der Waals surface area contributed by atoms with Gasteiger partial charge in [-0.25, -0.2) is 4.79 Å². The number of ether oxygens (including phenoxy) is 2. The third kappa shape index (κ3) is 6.37. The Balaban J connectivity index is 1.52. The van der Waals surface area contributed by atoms with Crippen LogP contribution in [0.3, 0.4) is 0 Å². The van der Waals surface area contributed by atoms with Gasteiger partial charge in [-0.15, -0.1) is 0 Å². The number of hydrogen-bond donors (Lipinski definition) is 3. The Bertz CT molecular complexity index is 983. The summed E-state index contributed by atoms with van der Waals surface area (Å²) in [5, 5.41) is 12.4. The van der Waals surface area contributed by atoms with E-state index in [1.54, 1.807) is 25.3 Å². The minimum Gasteiger partial charge on any atom is -0.496 e. The van der Waals surface area contributed by atoms with Gasteiger partial charge in [0.15, 0.2) is 0 Å². The first kappa shape index (κ1) is 24.8. The molecular weight excluding hydrogens is 446 g/mol. The molecular formula is C24H30ClN3O5. The van der Waals surface area contributed by atoms with Gasteiger partial charge >= 0.3 is 5.97 Å². The van der Waals surface area contributed by atoms with E-state index in [0.717, 1.165) is 37.9 Å². The molecule has 1 amide bonds. The molecule has 2 aromatic carbocycles. The van der Waals surface area contributed by atoms with Crippen LogP contribution in [0, 0.1) is 0 Å². The highest BCUT2D eigenvalue weighted by Crippen LogP contribution is 2.29. The molecule has 8 nitrogen and oxygen atoms in total. The van der Waals surface area contributed by atoms with E-state index in [1.165, 1.54) is 13.2 Å². The van der Waals surface area contributed by atoms with E-state index >= 15 is 0 Å². The summed E-state index contributed by atoms with van der Waals surface area (Å²) in [7, 11) is 3.13. The van der Waals surface area contributed by atoms with Crippen LogP contribution in [0.15, 0.2) is 36.4 Å². The van der Waals surface area contributed by atoms with Crippen molar-refractivity contribution >= 4 is 29.2 Å². The number of carboxylic acid groups (broad SMARTS) is 1. The lowest BCUT2D eigenvalue weighted by atomic mass is 10.00. The number of halogens is 1. The smallest absolute Gasteiger partial charge is 0.335 e. The number of nitrogens with two attached hydrogens (primary N) is 1.